The molecular weight excluding hydrogens is 388 g/mol. The number of hydrogen-bond acceptors (Lipinski definition) is 6. The molecule has 7 nitrogen and oxygen atoms in total. The van der Waals surface area contributed by atoms with Gasteiger partial charge in [-0.1, -0.05) is 26.8 Å². The van der Waals surface area contributed by atoms with E-state index in [1.165, 1.54) is 6.07 Å². The van der Waals surface area contributed by atoms with Gasteiger partial charge in [0, 0.05) is 11.5 Å². The first-order valence-corrected chi connectivity index (χ1v) is 10.2. The summed E-state index contributed by atoms with van der Waals surface area (Å²) in [6, 6.07) is 2.36. The van der Waals surface area contributed by atoms with E-state index in [4.69, 9.17) is 4.74 Å². The Balaban J connectivity index is 1.68. The van der Waals surface area contributed by atoms with E-state index in [0.29, 0.717) is 12.0 Å². The number of phenolic OH excluding ortho intramolecular Hbond substituents is 2. The van der Waals surface area contributed by atoms with Crippen LogP contribution in [0.1, 0.15) is 56.0 Å². The molecule has 162 valence electrons. The van der Waals surface area contributed by atoms with Crippen LogP contribution in [-0.2, 0) is 9.53 Å². The van der Waals surface area contributed by atoms with Gasteiger partial charge in [0.15, 0.2) is 0 Å². The van der Waals surface area contributed by atoms with Crippen molar-refractivity contribution in [1.29, 1.82) is 0 Å². The Morgan fingerprint density at radius 3 is 2.37 bits per heavy atom. The van der Waals surface area contributed by atoms with Gasteiger partial charge in [0.1, 0.15) is 28.8 Å². The van der Waals surface area contributed by atoms with Crippen molar-refractivity contribution in [3.63, 3.8) is 0 Å². The van der Waals surface area contributed by atoms with Crippen molar-refractivity contribution in [3.8, 4) is 11.5 Å². The molecule has 7 heteroatoms. The number of carbonyl (C=O) groups excluding carboxylic acids is 1. The summed E-state index contributed by atoms with van der Waals surface area (Å²) in [5.41, 5.74) is -2.37. The highest BCUT2D eigenvalue weighted by atomic mass is 16.6. The molecule has 1 aromatic rings. The van der Waals surface area contributed by atoms with E-state index in [1.54, 1.807) is 13.0 Å². The molecule has 3 aliphatic carbocycles. The number of phenols is 2. The van der Waals surface area contributed by atoms with Crippen LogP contribution in [0, 0.1) is 29.6 Å². The van der Waals surface area contributed by atoms with Gasteiger partial charge in [-0.15, -0.1) is 0 Å². The molecule has 2 fully saturated rings. The van der Waals surface area contributed by atoms with Crippen LogP contribution in [0.25, 0.3) is 0 Å². The van der Waals surface area contributed by atoms with E-state index in [1.807, 2.05) is 6.92 Å². The Hall–Kier alpha value is -2.54. The van der Waals surface area contributed by atoms with Crippen LogP contribution >= 0.6 is 0 Å². The second kappa shape index (κ2) is 6.23. The molecule has 0 bridgehead atoms. The van der Waals surface area contributed by atoms with E-state index >= 15 is 0 Å². The molecular formula is C23H28O7. The topological polar surface area (TPSA) is 124 Å². The summed E-state index contributed by atoms with van der Waals surface area (Å²) in [4.78, 5) is 24.8. The Morgan fingerprint density at radius 2 is 1.77 bits per heavy atom. The van der Waals surface area contributed by atoms with E-state index in [-0.39, 0.29) is 34.1 Å². The Labute approximate surface area is 175 Å². The Morgan fingerprint density at radius 1 is 1.10 bits per heavy atom. The summed E-state index contributed by atoms with van der Waals surface area (Å²) < 4.78 is 5.56. The normalized spacial score (nSPS) is 36.2. The molecule has 0 aliphatic heterocycles. The number of carbonyl (C=O) groups is 2. The lowest BCUT2D eigenvalue weighted by atomic mass is 9.44. The van der Waals surface area contributed by atoms with Crippen LogP contribution in [-0.4, -0.2) is 44.1 Å². The summed E-state index contributed by atoms with van der Waals surface area (Å²) in [7, 11) is 0. The number of carboxylic acids is 1. The number of allylic oxidation sites excluding steroid dienone is 1. The van der Waals surface area contributed by atoms with Gasteiger partial charge in [-0.05, 0) is 55.1 Å². The molecule has 3 aliphatic rings. The molecule has 4 N–H and O–H groups in total. The van der Waals surface area contributed by atoms with Crippen molar-refractivity contribution in [3.05, 3.63) is 34.9 Å². The number of ether oxygens (including phenoxy) is 1. The highest BCUT2D eigenvalue weighted by Gasteiger charge is 2.73. The van der Waals surface area contributed by atoms with Gasteiger partial charge in [-0.25, -0.2) is 9.59 Å². The smallest absolute Gasteiger partial charge is 0.342 e. The zero-order valence-corrected chi connectivity index (χ0v) is 17.6. The summed E-state index contributed by atoms with van der Waals surface area (Å²) in [6.07, 6.45) is 2.68. The van der Waals surface area contributed by atoms with E-state index in [2.05, 4.69) is 13.8 Å². The largest absolute Gasteiger partial charge is 0.508 e. The first kappa shape index (κ1) is 20.7. The van der Waals surface area contributed by atoms with Gasteiger partial charge in [-0.3, -0.25) is 0 Å². The standard InChI is InChI=1S/C23H28O7/c1-11-5-13(24)7-16(25)18(11)20(28)30-17-10-22(4)15-9-21(2,3)8-12(15)6-14(19(26)27)23(17,22)29/h5-7,12,15,17,24-25,29H,8-10H2,1-4H3,(H,26,27)/t12-,15-,17+,22+,23?/m0/s1. The van der Waals surface area contributed by atoms with Gasteiger partial charge < -0.3 is 25.2 Å². The number of aliphatic hydroxyl groups is 1. The van der Waals surface area contributed by atoms with Crippen molar-refractivity contribution < 1.29 is 34.8 Å². The molecule has 0 spiro atoms. The highest BCUT2D eigenvalue weighted by molar-refractivity contribution is 5.95. The minimum atomic E-state index is -1.80. The third-order valence-corrected chi connectivity index (χ3v) is 7.62. The monoisotopic (exact) mass is 416 g/mol. The predicted octanol–water partition coefficient (Wildman–Crippen LogP) is 3.15. The third-order valence-electron chi connectivity index (χ3n) is 7.62. The first-order chi connectivity index (χ1) is 13.8. The quantitative estimate of drug-likeness (QED) is 0.558. The second-order valence-electron chi connectivity index (χ2n) is 10.2. The highest BCUT2D eigenvalue weighted by Crippen LogP contribution is 2.68. The Kier molecular flexibility index (Phi) is 4.30. The second-order valence-corrected chi connectivity index (χ2v) is 10.2. The molecule has 1 aromatic carbocycles. The number of carboxylic acid groups (broad SMARTS) is 1. The molecule has 0 saturated heterocycles. The van der Waals surface area contributed by atoms with Crippen LogP contribution in [0.15, 0.2) is 23.8 Å². The summed E-state index contributed by atoms with van der Waals surface area (Å²) in [5, 5.41) is 41.1. The summed E-state index contributed by atoms with van der Waals surface area (Å²) in [6.45, 7) is 7.72. The maximum atomic E-state index is 12.8. The van der Waals surface area contributed by atoms with Crippen molar-refractivity contribution in [2.75, 3.05) is 0 Å². The van der Waals surface area contributed by atoms with Crippen molar-refractivity contribution in [2.45, 2.75) is 58.7 Å². The van der Waals surface area contributed by atoms with Crippen LogP contribution in [0.3, 0.4) is 0 Å². The number of hydrogen-bond donors (Lipinski definition) is 4. The molecule has 0 heterocycles. The third kappa shape index (κ3) is 2.68. The fourth-order valence-corrected chi connectivity index (χ4v) is 6.23. The van der Waals surface area contributed by atoms with Crippen LogP contribution in [0.4, 0.5) is 0 Å². The van der Waals surface area contributed by atoms with Crippen molar-refractivity contribution in [2.24, 2.45) is 22.7 Å². The minimum absolute atomic E-state index is 0.0421. The minimum Gasteiger partial charge on any atom is -0.508 e. The van der Waals surface area contributed by atoms with E-state index in [9.17, 15) is 30.0 Å². The molecule has 0 amide bonds. The molecule has 1 unspecified atom stereocenters. The molecule has 2 saturated carbocycles. The molecule has 5 atom stereocenters. The summed E-state index contributed by atoms with van der Waals surface area (Å²) >= 11 is 0. The lowest BCUT2D eigenvalue weighted by molar-refractivity contribution is -0.249. The van der Waals surface area contributed by atoms with E-state index in [0.717, 1.165) is 18.9 Å². The zero-order valence-electron chi connectivity index (χ0n) is 17.6. The van der Waals surface area contributed by atoms with E-state index < -0.39 is 34.8 Å². The van der Waals surface area contributed by atoms with Gasteiger partial charge in [-0.2, -0.15) is 0 Å². The van der Waals surface area contributed by atoms with Gasteiger partial charge in [0.05, 0.1) is 5.57 Å². The van der Waals surface area contributed by atoms with Crippen molar-refractivity contribution in [1.82, 2.24) is 0 Å². The molecule has 4 rings (SSSR count). The van der Waals surface area contributed by atoms with Crippen LogP contribution in [0.5, 0.6) is 11.5 Å². The first-order valence-electron chi connectivity index (χ1n) is 10.2. The maximum Gasteiger partial charge on any atom is 0.342 e. The number of aryl methyl sites for hydroxylation is 1. The average Bonchev–Trinajstić information content (AvgIpc) is 2.91. The zero-order chi connectivity index (χ0) is 22.2. The molecule has 0 aromatic heterocycles. The number of rotatable bonds is 3. The lowest BCUT2D eigenvalue weighted by Gasteiger charge is -2.64. The SMILES string of the molecule is Cc1cc(O)cc(O)c1C(=O)O[C@@H]1C[C@]2(C)[C@H]3CC(C)(C)C[C@@H]3C=C(C(=O)O)C12O. The maximum absolute atomic E-state index is 12.8. The number of benzene rings is 1. The van der Waals surface area contributed by atoms with Gasteiger partial charge >= 0.3 is 11.9 Å². The van der Waals surface area contributed by atoms with Crippen LogP contribution in [0.2, 0.25) is 0 Å². The molecule has 0 radical (unpaired) electrons. The summed E-state index contributed by atoms with van der Waals surface area (Å²) in [5.74, 6) is -2.52. The van der Waals surface area contributed by atoms with Crippen molar-refractivity contribution >= 4 is 11.9 Å². The number of aromatic hydroxyl groups is 2. The van der Waals surface area contributed by atoms with Gasteiger partial charge in [0.2, 0.25) is 0 Å². The predicted molar refractivity (Wildman–Crippen MR) is 107 cm³/mol. The van der Waals surface area contributed by atoms with Crippen LogP contribution < -0.4 is 0 Å². The number of aliphatic carboxylic acids is 1. The molecule has 30 heavy (non-hydrogen) atoms. The fourth-order valence-electron chi connectivity index (χ4n) is 6.23. The fraction of sp³-hybridized carbons (Fsp3) is 0.565. The Bertz CT molecular complexity index is 955. The van der Waals surface area contributed by atoms with Gasteiger partial charge in [0.25, 0.3) is 0 Å². The number of esters is 1. The lowest BCUT2D eigenvalue weighted by Crippen LogP contribution is -2.73. The number of fused-ring (bicyclic) bond motifs is 3. The average molecular weight is 416 g/mol.